The number of nitrogens with one attached hydrogen (secondary N) is 1. The Kier molecular flexibility index (Phi) is 10.3. The van der Waals surface area contributed by atoms with Crippen LogP contribution in [-0.2, 0) is 4.74 Å². The summed E-state index contributed by atoms with van der Waals surface area (Å²) < 4.78 is 5.52. The van der Waals surface area contributed by atoms with E-state index in [2.05, 4.69) is 31.1 Å². The molecule has 0 aromatic heterocycles. The first-order valence-electron chi connectivity index (χ1n) is 6.07. The monoisotopic (exact) mass is 216 g/mol. The van der Waals surface area contributed by atoms with Crippen molar-refractivity contribution in [2.45, 2.75) is 26.7 Å². The van der Waals surface area contributed by atoms with Gasteiger partial charge in [-0.25, -0.2) is 0 Å². The zero-order valence-corrected chi connectivity index (χ0v) is 10.9. The molecule has 0 amide bonds. The van der Waals surface area contributed by atoms with Crippen LogP contribution in [0.4, 0.5) is 0 Å². The van der Waals surface area contributed by atoms with Crippen molar-refractivity contribution in [3.05, 3.63) is 0 Å². The maximum absolute atomic E-state index is 5.52. The van der Waals surface area contributed by atoms with Crippen molar-refractivity contribution in [1.29, 1.82) is 0 Å². The van der Waals surface area contributed by atoms with Gasteiger partial charge in [0, 0.05) is 26.3 Å². The van der Waals surface area contributed by atoms with Gasteiger partial charge in [-0.1, -0.05) is 13.8 Å². The molecule has 0 fully saturated rings. The van der Waals surface area contributed by atoms with Gasteiger partial charge in [-0.2, -0.15) is 0 Å². The Balaban J connectivity index is 3.09. The Morgan fingerprint density at radius 1 is 1.20 bits per heavy atom. The molecule has 0 aromatic rings. The standard InChI is InChI=1S/C12H28N2O/c1-12(2)11-14(4)8-6-10-15-9-5-7-13-3/h12-13H,5-11H2,1-4H3. The highest BCUT2D eigenvalue weighted by Crippen LogP contribution is 1.97. The summed E-state index contributed by atoms with van der Waals surface area (Å²) in [4.78, 5) is 2.38. The van der Waals surface area contributed by atoms with Gasteiger partial charge < -0.3 is 15.0 Å². The average molecular weight is 216 g/mol. The lowest BCUT2D eigenvalue weighted by Crippen LogP contribution is -2.25. The van der Waals surface area contributed by atoms with Gasteiger partial charge in [0.15, 0.2) is 0 Å². The third-order valence-electron chi connectivity index (χ3n) is 2.22. The highest BCUT2D eigenvalue weighted by molar-refractivity contribution is 4.54. The lowest BCUT2D eigenvalue weighted by molar-refractivity contribution is 0.120. The molecular formula is C12H28N2O. The van der Waals surface area contributed by atoms with Gasteiger partial charge in [0.25, 0.3) is 0 Å². The van der Waals surface area contributed by atoms with Crippen molar-refractivity contribution in [3.8, 4) is 0 Å². The van der Waals surface area contributed by atoms with Crippen molar-refractivity contribution in [2.24, 2.45) is 5.92 Å². The topological polar surface area (TPSA) is 24.5 Å². The highest BCUT2D eigenvalue weighted by atomic mass is 16.5. The molecular weight excluding hydrogens is 188 g/mol. The summed E-state index contributed by atoms with van der Waals surface area (Å²) in [5.74, 6) is 0.756. The van der Waals surface area contributed by atoms with Gasteiger partial charge in [-0.15, -0.1) is 0 Å². The summed E-state index contributed by atoms with van der Waals surface area (Å²) >= 11 is 0. The minimum Gasteiger partial charge on any atom is -0.381 e. The van der Waals surface area contributed by atoms with Crippen LogP contribution in [0.5, 0.6) is 0 Å². The Morgan fingerprint density at radius 2 is 1.87 bits per heavy atom. The van der Waals surface area contributed by atoms with Gasteiger partial charge in [-0.3, -0.25) is 0 Å². The molecule has 0 aliphatic rings. The first-order chi connectivity index (χ1) is 7.16. The number of ether oxygens (including phenoxy) is 1. The molecule has 0 aliphatic carbocycles. The summed E-state index contributed by atoms with van der Waals surface area (Å²) in [5.41, 5.74) is 0. The molecule has 0 unspecified atom stereocenters. The Labute approximate surface area is 95.2 Å². The van der Waals surface area contributed by atoms with Crippen LogP contribution < -0.4 is 5.32 Å². The molecule has 0 atom stereocenters. The third-order valence-corrected chi connectivity index (χ3v) is 2.22. The second-order valence-electron chi connectivity index (χ2n) is 4.58. The van der Waals surface area contributed by atoms with Gasteiger partial charge >= 0.3 is 0 Å². The van der Waals surface area contributed by atoms with Crippen LogP contribution in [0.3, 0.4) is 0 Å². The SMILES string of the molecule is CNCCCOCCCN(C)CC(C)C. The fraction of sp³-hybridized carbons (Fsp3) is 1.00. The van der Waals surface area contributed by atoms with Crippen molar-refractivity contribution >= 4 is 0 Å². The minimum atomic E-state index is 0.756. The number of nitrogens with zero attached hydrogens (tertiary/aromatic N) is 1. The van der Waals surface area contributed by atoms with E-state index in [1.54, 1.807) is 0 Å². The molecule has 1 N–H and O–H groups in total. The summed E-state index contributed by atoms with van der Waals surface area (Å²) in [5, 5.41) is 3.11. The van der Waals surface area contributed by atoms with Gasteiger partial charge in [0.05, 0.1) is 0 Å². The zero-order valence-electron chi connectivity index (χ0n) is 10.9. The van der Waals surface area contributed by atoms with Crippen LogP contribution in [0.1, 0.15) is 26.7 Å². The van der Waals surface area contributed by atoms with E-state index in [1.807, 2.05) is 7.05 Å². The minimum absolute atomic E-state index is 0.756. The molecule has 0 saturated heterocycles. The quantitative estimate of drug-likeness (QED) is 0.561. The fourth-order valence-electron chi connectivity index (χ4n) is 1.60. The van der Waals surface area contributed by atoms with Gasteiger partial charge in [0.1, 0.15) is 0 Å². The van der Waals surface area contributed by atoms with Gasteiger partial charge in [-0.05, 0) is 39.4 Å². The number of hydrogen-bond donors (Lipinski definition) is 1. The molecule has 0 radical (unpaired) electrons. The average Bonchev–Trinajstić information content (AvgIpc) is 2.15. The molecule has 0 rings (SSSR count). The van der Waals surface area contributed by atoms with E-state index in [0.29, 0.717) is 0 Å². The predicted octanol–water partition coefficient (Wildman–Crippen LogP) is 1.59. The van der Waals surface area contributed by atoms with E-state index in [1.165, 1.54) is 6.54 Å². The van der Waals surface area contributed by atoms with Crippen LogP contribution in [0.15, 0.2) is 0 Å². The predicted molar refractivity (Wildman–Crippen MR) is 66.3 cm³/mol. The smallest absolute Gasteiger partial charge is 0.0478 e. The summed E-state index contributed by atoms with van der Waals surface area (Å²) in [6.07, 6.45) is 2.25. The molecule has 0 aromatic carbocycles. The number of hydrogen-bond acceptors (Lipinski definition) is 3. The highest BCUT2D eigenvalue weighted by Gasteiger charge is 2.00. The molecule has 0 heterocycles. The Hall–Kier alpha value is -0.120. The van der Waals surface area contributed by atoms with Crippen LogP contribution in [-0.4, -0.2) is 51.8 Å². The zero-order chi connectivity index (χ0) is 11.5. The summed E-state index contributed by atoms with van der Waals surface area (Å²) in [6, 6.07) is 0. The number of rotatable bonds is 10. The largest absolute Gasteiger partial charge is 0.381 e. The lowest BCUT2D eigenvalue weighted by atomic mass is 10.2. The Morgan fingerprint density at radius 3 is 2.47 bits per heavy atom. The van der Waals surface area contributed by atoms with Crippen LogP contribution in [0.25, 0.3) is 0 Å². The molecule has 3 nitrogen and oxygen atoms in total. The molecule has 15 heavy (non-hydrogen) atoms. The molecule has 3 heteroatoms. The van der Waals surface area contributed by atoms with Gasteiger partial charge in [0.2, 0.25) is 0 Å². The molecule has 0 bridgehead atoms. The van der Waals surface area contributed by atoms with Crippen molar-refractivity contribution in [3.63, 3.8) is 0 Å². The second kappa shape index (κ2) is 10.4. The summed E-state index contributed by atoms with van der Waals surface area (Å²) in [7, 11) is 4.15. The maximum Gasteiger partial charge on any atom is 0.0478 e. The summed E-state index contributed by atoms with van der Waals surface area (Å²) in [6.45, 7) is 9.66. The van der Waals surface area contributed by atoms with E-state index in [-0.39, 0.29) is 0 Å². The van der Waals surface area contributed by atoms with Crippen molar-refractivity contribution in [1.82, 2.24) is 10.2 Å². The van der Waals surface area contributed by atoms with E-state index in [9.17, 15) is 0 Å². The Bertz CT molecular complexity index is 129. The van der Waals surface area contributed by atoms with E-state index < -0.39 is 0 Å². The second-order valence-corrected chi connectivity index (χ2v) is 4.58. The van der Waals surface area contributed by atoms with Crippen LogP contribution in [0.2, 0.25) is 0 Å². The van der Waals surface area contributed by atoms with Crippen molar-refractivity contribution < 1.29 is 4.74 Å². The maximum atomic E-state index is 5.52. The third kappa shape index (κ3) is 11.8. The molecule has 0 aliphatic heterocycles. The van der Waals surface area contributed by atoms with E-state index in [4.69, 9.17) is 4.74 Å². The van der Waals surface area contributed by atoms with Crippen LogP contribution in [0, 0.1) is 5.92 Å². The van der Waals surface area contributed by atoms with E-state index in [0.717, 1.165) is 45.1 Å². The fourth-order valence-corrected chi connectivity index (χ4v) is 1.60. The normalized spacial score (nSPS) is 11.6. The van der Waals surface area contributed by atoms with E-state index >= 15 is 0 Å². The van der Waals surface area contributed by atoms with Crippen LogP contribution >= 0.6 is 0 Å². The molecule has 92 valence electrons. The molecule has 0 saturated carbocycles. The first-order valence-corrected chi connectivity index (χ1v) is 6.07. The lowest BCUT2D eigenvalue weighted by Gasteiger charge is -2.18. The first kappa shape index (κ1) is 14.9. The van der Waals surface area contributed by atoms with Crippen molar-refractivity contribution in [2.75, 3.05) is 46.9 Å². The molecule has 0 spiro atoms.